The van der Waals surface area contributed by atoms with Crippen LogP contribution in [0.2, 0.25) is 0 Å². The summed E-state index contributed by atoms with van der Waals surface area (Å²) in [5.41, 5.74) is -0.742. The Kier molecular flexibility index (Phi) is 2.16. The maximum absolute atomic E-state index is 11.9. The first-order valence-corrected chi connectivity index (χ1v) is 5.54. The summed E-state index contributed by atoms with van der Waals surface area (Å²) in [6.45, 7) is 0. The molecule has 0 spiro atoms. The van der Waals surface area contributed by atoms with Crippen LogP contribution in [0.1, 0.15) is 23.3 Å². The Morgan fingerprint density at radius 2 is 2.22 bits per heavy atom. The molecule has 0 radical (unpaired) electrons. The largest absolute Gasteiger partial charge is 0.336 e. The average molecular weight is 246 g/mol. The van der Waals surface area contributed by atoms with Crippen LogP contribution < -0.4 is 10.6 Å². The summed E-state index contributed by atoms with van der Waals surface area (Å²) in [4.78, 5) is 42.5. The topological polar surface area (TPSA) is 101 Å². The number of piperidine rings is 2. The van der Waals surface area contributed by atoms with E-state index < -0.39 is 17.4 Å². The zero-order valence-electron chi connectivity index (χ0n) is 9.34. The van der Waals surface area contributed by atoms with Gasteiger partial charge in [-0.05, 0) is 18.9 Å². The van der Waals surface area contributed by atoms with Crippen molar-refractivity contribution in [2.45, 2.75) is 18.4 Å². The smallest absolute Gasteiger partial charge is 0.270 e. The van der Waals surface area contributed by atoms with Gasteiger partial charge in [0.25, 0.3) is 11.8 Å². The average Bonchev–Trinajstić information content (AvgIpc) is 2.32. The van der Waals surface area contributed by atoms with Crippen LogP contribution in [0, 0.1) is 5.92 Å². The second-order valence-corrected chi connectivity index (χ2v) is 4.55. The third-order valence-corrected chi connectivity index (χ3v) is 3.40. The summed E-state index contributed by atoms with van der Waals surface area (Å²) in [5, 5.41) is 4.91. The molecule has 0 aromatic carbocycles. The fourth-order valence-electron chi connectivity index (χ4n) is 2.35. The van der Waals surface area contributed by atoms with E-state index in [0.29, 0.717) is 12.8 Å². The molecule has 3 heterocycles. The van der Waals surface area contributed by atoms with Gasteiger partial charge in [0, 0.05) is 12.1 Å². The Hall–Kier alpha value is -2.31. The molecule has 1 aliphatic carbocycles. The van der Waals surface area contributed by atoms with Gasteiger partial charge >= 0.3 is 0 Å². The highest BCUT2D eigenvalue weighted by atomic mass is 16.2. The Labute approximate surface area is 102 Å². The molecule has 3 fully saturated rings. The van der Waals surface area contributed by atoms with Crippen LogP contribution in [0.25, 0.3) is 0 Å². The Bertz CT molecular complexity index is 536. The normalized spacial score (nSPS) is 29.2. The molecule has 3 aliphatic rings. The van der Waals surface area contributed by atoms with E-state index in [2.05, 4.69) is 20.6 Å². The molecule has 7 nitrogen and oxygen atoms in total. The summed E-state index contributed by atoms with van der Waals surface area (Å²) in [5.74, 6) is -1.29. The monoisotopic (exact) mass is 246 g/mol. The highest BCUT2D eigenvalue weighted by Crippen LogP contribution is 2.41. The number of hydrogen-bond acceptors (Lipinski definition) is 5. The number of imide groups is 1. The van der Waals surface area contributed by atoms with Crippen LogP contribution in [-0.4, -0.2) is 33.2 Å². The summed E-state index contributed by atoms with van der Waals surface area (Å²) >= 11 is 0. The Morgan fingerprint density at radius 3 is 2.83 bits per heavy atom. The molecule has 1 aromatic rings. The third kappa shape index (κ3) is 1.47. The first-order valence-electron chi connectivity index (χ1n) is 5.54. The number of hydrogen-bond donors (Lipinski definition) is 2. The summed E-state index contributed by atoms with van der Waals surface area (Å²) in [6, 6.07) is 1.47. The van der Waals surface area contributed by atoms with Gasteiger partial charge in [0.05, 0.1) is 0 Å². The molecule has 2 N–H and O–H groups in total. The van der Waals surface area contributed by atoms with Gasteiger partial charge in [-0.1, -0.05) is 0 Å². The second kappa shape index (κ2) is 3.59. The van der Waals surface area contributed by atoms with Crippen LogP contribution >= 0.6 is 0 Å². The lowest BCUT2D eigenvalue weighted by molar-refractivity contribution is -0.152. The lowest BCUT2D eigenvalue weighted by atomic mass is 9.64. The number of rotatable bonds is 2. The quantitative estimate of drug-likeness (QED) is 0.652. The molecule has 2 aliphatic heterocycles. The zero-order chi connectivity index (χ0) is 12.8. The molecule has 0 unspecified atom stereocenters. The van der Waals surface area contributed by atoms with Crippen molar-refractivity contribution < 1.29 is 14.4 Å². The van der Waals surface area contributed by atoms with Gasteiger partial charge in [-0.15, -0.1) is 0 Å². The van der Waals surface area contributed by atoms with Crippen molar-refractivity contribution >= 4 is 17.7 Å². The van der Waals surface area contributed by atoms with E-state index in [-0.39, 0.29) is 17.5 Å². The van der Waals surface area contributed by atoms with Crippen molar-refractivity contribution in [2.24, 2.45) is 5.92 Å². The van der Waals surface area contributed by atoms with Crippen molar-refractivity contribution in [3.8, 4) is 0 Å². The van der Waals surface area contributed by atoms with E-state index in [1.54, 1.807) is 0 Å². The number of carbonyl (C=O) groups is 3. The van der Waals surface area contributed by atoms with Crippen molar-refractivity contribution in [1.29, 1.82) is 0 Å². The van der Waals surface area contributed by atoms with Gasteiger partial charge < -0.3 is 5.32 Å². The van der Waals surface area contributed by atoms with Gasteiger partial charge in [-0.25, -0.2) is 9.97 Å². The number of nitrogens with one attached hydrogen (secondary N) is 2. The number of carbonyl (C=O) groups excluding carboxylic acids is 3. The second-order valence-electron chi connectivity index (χ2n) is 4.55. The predicted octanol–water partition coefficient (Wildman–Crippen LogP) is -0.988. The van der Waals surface area contributed by atoms with Crippen LogP contribution in [0.3, 0.4) is 0 Å². The third-order valence-electron chi connectivity index (χ3n) is 3.40. The molecule has 92 valence electrons. The molecule has 3 amide bonds. The first kappa shape index (κ1) is 10.8. The molecule has 7 heteroatoms. The fourth-order valence-corrected chi connectivity index (χ4v) is 2.35. The van der Waals surface area contributed by atoms with Gasteiger partial charge in [-0.2, -0.15) is 0 Å². The van der Waals surface area contributed by atoms with Crippen LogP contribution in [0.5, 0.6) is 0 Å². The van der Waals surface area contributed by atoms with E-state index in [1.807, 2.05) is 0 Å². The number of aromatic nitrogens is 2. The standard InChI is InChI=1S/C11H10N4O3/c16-8-6-3-11(4-6,10(18)14-8)15-9(17)7-1-2-12-5-13-7/h1-2,5-6H,3-4H2,(H,15,17)(H,14,16,18). The molecule has 1 saturated carbocycles. The van der Waals surface area contributed by atoms with E-state index in [1.165, 1.54) is 18.6 Å². The first-order chi connectivity index (χ1) is 8.61. The molecule has 4 rings (SSSR count). The van der Waals surface area contributed by atoms with Crippen molar-refractivity contribution in [2.75, 3.05) is 0 Å². The Morgan fingerprint density at radius 1 is 1.44 bits per heavy atom. The highest BCUT2D eigenvalue weighted by molar-refractivity contribution is 6.09. The number of fused-ring (bicyclic) bond motifs is 2. The van der Waals surface area contributed by atoms with Crippen LogP contribution in [0.15, 0.2) is 18.6 Å². The molecule has 1 aromatic heterocycles. The minimum atomic E-state index is -0.944. The molecular weight excluding hydrogens is 236 g/mol. The molecule has 2 bridgehead atoms. The molecule has 2 saturated heterocycles. The van der Waals surface area contributed by atoms with Gasteiger partial charge in [0.15, 0.2) is 0 Å². The van der Waals surface area contributed by atoms with Crippen molar-refractivity contribution in [3.63, 3.8) is 0 Å². The minimum absolute atomic E-state index is 0.173. The molecule has 0 atom stereocenters. The van der Waals surface area contributed by atoms with Gasteiger partial charge in [0.1, 0.15) is 17.6 Å². The van der Waals surface area contributed by atoms with Gasteiger partial charge in [0.2, 0.25) is 5.91 Å². The predicted molar refractivity (Wildman–Crippen MR) is 58.1 cm³/mol. The zero-order valence-corrected chi connectivity index (χ0v) is 9.34. The lowest BCUT2D eigenvalue weighted by Gasteiger charge is -2.49. The lowest BCUT2D eigenvalue weighted by Crippen LogP contribution is -2.73. The maximum atomic E-state index is 11.9. The van der Waals surface area contributed by atoms with E-state index in [4.69, 9.17) is 0 Å². The van der Waals surface area contributed by atoms with Crippen LogP contribution in [0.4, 0.5) is 0 Å². The van der Waals surface area contributed by atoms with E-state index >= 15 is 0 Å². The van der Waals surface area contributed by atoms with Crippen molar-refractivity contribution in [3.05, 3.63) is 24.3 Å². The minimum Gasteiger partial charge on any atom is -0.336 e. The molecule has 18 heavy (non-hydrogen) atoms. The van der Waals surface area contributed by atoms with E-state index in [0.717, 1.165) is 0 Å². The number of nitrogens with zero attached hydrogens (tertiary/aromatic N) is 2. The van der Waals surface area contributed by atoms with Crippen molar-refractivity contribution in [1.82, 2.24) is 20.6 Å². The summed E-state index contributed by atoms with van der Waals surface area (Å²) in [7, 11) is 0. The fraction of sp³-hybridized carbons (Fsp3) is 0.364. The number of amides is 3. The molecular formula is C11H10N4O3. The maximum Gasteiger partial charge on any atom is 0.270 e. The highest BCUT2D eigenvalue weighted by Gasteiger charge is 2.58. The summed E-state index contributed by atoms with van der Waals surface area (Å²) < 4.78 is 0. The SMILES string of the molecule is O=C(NC12CC(C1)C(=O)NC2=O)c1ccncn1. The van der Waals surface area contributed by atoms with Gasteiger partial charge in [-0.3, -0.25) is 19.7 Å². The van der Waals surface area contributed by atoms with E-state index in [9.17, 15) is 14.4 Å². The van der Waals surface area contributed by atoms with Crippen LogP contribution in [-0.2, 0) is 9.59 Å². The Balaban J connectivity index is 1.77. The summed E-state index contributed by atoms with van der Waals surface area (Å²) in [6.07, 6.45) is 3.46.